The molecule has 0 saturated heterocycles. The summed E-state index contributed by atoms with van der Waals surface area (Å²) in [5.74, 6) is 2.84. The molecule has 0 radical (unpaired) electrons. The number of ketones is 2. The van der Waals surface area contributed by atoms with Crippen LogP contribution in [0.2, 0.25) is 0 Å². The third-order valence-electron chi connectivity index (χ3n) is 3.88. The van der Waals surface area contributed by atoms with Gasteiger partial charge < -0.3 is 9.47 Å². The molecular formula is C21H15BrO4. The second kappa shape index (κ2) is 7.59. The van der Waals surface area contributed by atoms with Crippen LogP contribution in [-0.2, 0) is 0 Å². The summed E-state index contributed by atoms with van der Waals surface area (Å²) in [5.41, 5.74) is 1.63. The van der Waals surface area contributed by atoms with Crippen molar-refractivity contribution in [2.75, 3.05) is 13.2 Å². The number of carbonyl (C=O) groups excluding carboxylic acids is 2. The number of hydrogen-bond donors (Lipinski definition) is 0. The predicted molar refractivity (Wildman–Crippen MR) is 103 cm³/mol. The first-order valence-corrected chi connectivity index (χ1v) is 8.78. The summed E-state index contributed by atoms with van der Waals surface area (Å²) in [7, 11) is 0. The van der Waals surface area contributed by atoms with E-state index in [0.29, 0.717) is 39.3 Å². The van der Waals surface area contributed by atoms with Gasteiger partial charge >= 0.3 is 0 Å². The van der Waals surface area contributed by atoms with Gasteiger partial charge in [-0.2, -0.15) is 0 Å². The molecule has 0 aromatic heterocycles. The van der Waals surface area contributed by atoms with Crippen LogP contribution in [0.15, 0.2) is 46.4 Å². The summed E-state index contributed by atoms with van der Waals surface area (Å²) in [6.07, 6.45) is 6.81. The molecule has 2 aromatic carbocycles. The van der Waals surface area contributed by atoms with Crippen molar-refractivity contribution in [3.63, 3.8) is 0 Å². The second-order valence-electron chi connectivity index (χ2n) is 5.51. The van der Waals surface area contributed by atoms with Gasteiger partial charge in [0.2, 0.25) is 0 Å². The minimum absolute atomic E-state index is 0.110. The fourth-order valence-corrected chi connectivity index (χ4v) is 3.16. The molecule has 4 nitrogen and oxygen atoms in total. The fourth-order valence-electron chi connectivity index (χ4n) is 2.72. The van der Waals surface area contributed by atoms with Crippen LogP contribution in [-0.4, -0.2) is 24.8 Å². The summed E-state index contributed by atoms with van der Waals surface area (Å²) in [6, 6.07) is 10.2. The van der Waals surface area contributed by atoms with Crippen molar-refractivity contribution in [2.24, 2.45) is 0 Å². The Kier molecular flexibility index (Phi) is 5.24. The molecule has 0 bridgehead atoms. The van der Waals surface area contributed by atoms with E-state index in [2.05, 4.69) is 21.9 Å². The first-order valence-electron chi connectivity index (χ1n) is 7.99. The number of fused-ring (bicyclic) bond motifs is 1. The maximum absolute atomic E-state index is 12.6. The molecule has 1 aliphatic rings. The van der Waals surface area contributed by atoms with Crippen LogP contribution in [0.1, 0.15) is 33.2 Å². The monoisotopic (exact) mass is 410 g/mol. The molecule has 3 rings (SSSR count). The molecule has 0 fully saturated rings. The Balaban J connectivity index is 2.04. The van der Waals surface area contributed by atoms with E-state index < -0.39 is 0 Å². The second-order valence-corrected chi connectivity index (χ2v) is 6.36. The highest BCUT2D eigenvalue weighted by molar-refractivity contribution is 9.10. The lowest BCUT2D eigenvalue weighted by atomic mass is 10.1. The number of benzene rings is 2. The summed E-state index contributed by atoms with van der Waals surface area (Å²) in [6.45, 7) is 2.40. The molecule has 130 valence electrons. The molecule has 0 saturated carbocycles. The van der Waals surface area contributed by atoms with Gasteiger partial charge in [-0.1, -0.05) is 46.1 Å². The SMILES string of the molecule is C#CCOc1cc(Br)c(C=C2C(=O)c3ccccc3C2=O)cc1OCC. The lowest BCUT2D eigenvalue weighted by molar-refractivity contribution is 0.0990. The van der Waals surface area contributed by atoms with E-state index >= 15 is 0 Å². The lowest BCUT2D eigenvalue weighted by Crippen LogP contribution is -2.02. The van der Waals surface area contributed by atoms with Crippen molar-refractivity contribution in [2.45, 2.75) is 6.92 Å². The van der Waals surface area contributed by atoms with Gasteiger partial charge in [-0.15, -0.1) is 6.42 Å². The van der Waals surface area contributed by atoms with Crippen molar-refractivity contribution in [3.8, 4) is 23.8 Å². The number of ether oxygens (including phenoxy) is 2. The average Bonchev–Trinajstić information content (AvgIpc) is 2.88. The molecule has 0 heterocycles. The Morgan fingerprint density at radius 3 is 2.27 bits per heavy atom. The molecule has 1 aliphatic carbocycles. The van der Waals surface area contributed by atoms with Gasteiger partial charge in [0.05, 0.1) is 12.2 Å². The Labute approximate surface area is 159 Å². The lowest BCUT2D eigenvalue weighted by Gasteiger charge is -2.12. The fraction of sp³-hybridized carbons (Fsp3) is 0.143. The third-order valence-corrected chi connectivity index (χ3v) is 4.57. The van der Waals surface area contributed by atoms with E-state index in [-0.39, 0.29) is 23.7 Å². The summed E-state index contributed by atoms with van der Waals surface area (Å²) >= 11 is 3.45. The topological polar surface area (TPSA) is 52.6 Å². The smallest absolute Gasteiger partial charge is 0.197 e. The Morgan fingerprint density at radius 1 is 1.08 bits per heavy atom. The summed E-state index contributed by atoms with van der Waals surface area (Å²) < 4.78 is 11.8. The van der Waals surface area contributed by atoms with Crippen molar-refractivity contribution in [1.29, 1.82) is 0 Å². The normalized spacial score (nSPS) is 12.6. The van der Waals surface area contributed by atoms with Gasteiger partial charge in [0.1, 0.15) is 6.61 Å². The van der Waals surface area contributed by atoms with Gasteiger partial charge in [-0.3, -0.25) is 9.59 Å². The van der Waals surface area contributed by atoms with Gasteiger partial charge in [0, 0.05) is 15.6 Å². The largest absolute Gasteiger partial charge is 0.490 e. The maximum Gasteiger partial charge on any atom is 0.197 e. The molecular weight excluding hydrogens is 396 g/mol. The number of carbonyl (C=O) groups is 2. The third kappa shape index (κ3) is 3.29. The zero-order valence-corrected chi connectivity index (χ0v) is 15.6. The zero-order chi connectivity index (χ0) is 18.7. The van der Waals surface area contributed by atoms with E-state index in [1.54, 1.807) is 42.5 Å². The highest BCUT2D eigenvalue weighted by Crippen LogP contribution is 2.36. The Bertz CT molecular complexity index is 929. The van der Waals surface area contributed by atoms with E-state index in [1.165, 1.54) is 0 Å². The van der Waals surface area contributed by atoms with Crippen LogP contribution in [0.3, 0.4) is 0 Å². The van der Waals surface area contributed by atoms with E-state index in [0.717, 1.165) is 0 Å². The van der Waals surface area contributed by atoms with Crippen LogP contribution in [0.25, 0.3) is 6.08 Å². The first kappa shape index (κ1) is 18.0. The van der Waals surface area contributed by atoms with Gasteiger partial charge in [-0.05, 0) is 30.7 Å². The van der Waals surface area contributed by atoms with Crippen molar-refractivity contribution in [1.82, 2.24) is 0 Å². The predicted octanol–water partition coefficient (Wildman–Crippen LogP) is 4.32. The minimum Gasteiger partial charge on any atom is -0.490 e. The molecule has 26 heavy (non-hydrogen) atoms. The van der Waals surface area contributed by atoms with Crippen molar-refractivity contribution < 1.29 is 19.1 Å². The summed E-state index contributed by atoms with van der Waals surface area (Å²) in [5, 5.41) is 0. The van der Waals surface area contributed by atoms with Crippen molar-refractivity contribution >= 4 is 33.6 Å². The number of terminal acetylenes is 1. The zero-order valence-electron chi connectivity index (χ0n) is 14.0. The molecule has 0 amide bonds. The highest BCUT2D eigenvalue weighted by Gasteiger charge is 2.32. The van der Waals surface area contributed by atoms with Crippen LogP contribution in [0.5, 0.6) is 11.5 Å². The molecule has 0 unspecified atom stereocenters. The molecule has 0 aliphatic heterocycles. The van der Waals surface area contributed by atoms with Gasteiger partial charge in [0.15, 0.2) is 23.1 Å². The molecule has 5 heteroatoms. The quantitative estimate of drug-likeness (QED) is 0.418. The molecule has 0 atom stereocenters. The highest BCUT2D eigenvalue weighted by atomic mass is 79.9. The Hall–Kier alpha value is -2.84. The molecule has 0 N–H and O–H groups in total. The number of rotatable bonds is 5. The van der Waals surface area contributed by atoms with Crippen LogP contribution in [0.4, 0.5) is 0 Å². The minimum atomic E-state index is -0.275. The Morgan fingerprint density at radius 2 is 1.69 bits per heavy atom. The van der Waals surface area contributed by atoms with E-state index in [1.807, 2.05) is 6.92 Å². The van der Waals surface area contributed by atoms with Crippen LogP contribution < -0.4 is 9.47 Å². The van der Waals surface area contributed by atoms with Gasteiger partial charge in [0.25, 0.3) is 0 Å². The van der Waals surface area contributed by atoms with Crippen LogP contribution in [0, 0.1) is 12.3 Å². The molecule has 0 spiro atoms. The van der Waals surface area contributed by atoms with Crippen molar-refractivity contribution in [3.05, 3.63) is 63.1 Å². The first-order chi connectivity index (χ1) is 12.6. The number of Topliss-reactive ketones (excluding diaryl/α,β-unsaturated/α-hetero) is 2. The molecule has 2 aromatic rings. The summed E-state index contributed by atoms with van der Waals surface area (Å²) in [4.78, 5) is 25.1. The van der Waals surface area contributed by atoms with Gasteiger partial charge in [-0.25, -0.2) is 0 Å². The van der Waals surface area contributed by atoms with E-state index in [9.17, 15) is 9.59 Å². The van der Waals surface area contributed by atoms with Crippen LogP contribution >= 0.6 is 15.9 Å². The average molecular weight is 411 g/mol. The van der Waals surface area contributed by atoms with E-state index in [4.69, 9.17) is 15.9 Å². The number of allylic oxidation sites excluding steroid dienone is 1. The number of hydrogen-bond acceptors (Lipinski definition) is 4. The standard InChI is InChI=1S/C21H15BrO4/c1-3-9-26-19-12-17(22)13(11-18(19)25-4-2)10-16-20(23)14-7-5-6-8-15(14)21(16)24/h1,5-8,10-12H,4,9H2,2H3. The maximum atomic E-state index is 12.6. The number of halogens is 1.